The molecule has 4 unspecified atom stereocenters. The predicted molar refractivity (Wildman–Crippen MR) is 81.4 cm³/mol. The first kappa shape index (κ1) is 15.7. The van der Waals surface area contributed by atoms with Crippen LogP contribution in [0.2, 0.25) is 0 Å². The molecule has 0 bridgehead atoms. The second-order valence-electron chi connectivity index (χ2n) is 7.07. The number of hydroxylamine groups is 1. The van der Waals surface area contributed by atoms with Crippen LogP contribution in [0.4, 0.5) is 4.39 Å². The van der Waals surface area contributed by atoms with Crippen molar-refractivity contribution in [3.05, 3.63) is 0 Å². The SMILES string of the molecule is O=C(C1CC1)N1CCN(C2NOC(C3CCNC(F)C3)N2)CC1. The van der Waals surface area contributed by atoms with Crippen molar-refractivity contribution in [2.45, 2.75) is 44.5 Å². The monoisotopic (exact) mass is 327 g/mol. The highest BCUT2D eigenvalue weighted by Gasteiger charge is 2.39. The van der Waals surface area contributed by atoms with Gasteiger partial charge in [0.15, 0.2) is 6.30 Å². The van der Waals surface area contributed by atoms with Gasteiger partial charge in [0.25, 0.3) is 0 Å². The van der Waals surface area contributed by atoms with Gasteiger partial charge in [-0.15, -0.1) is 0 Å². The lowest BCUT2D eigenvalue weighted by atomic mass is 9.95. The number of rotatable bonds is 3. The molecule has 3 heterocycles. The van der Waals surface area contributed by atoms with E-state index in [-0.39, 0.29) is 18.4 Å². The Bertz CT molecular complexity index is 442. The number of carbonyl (C=O) groups excluding carboxylic acids is 1. The molecule has 0 spiro atoms. The van der Waals surface area contributed by atoms with Crippen LogP contribution in [0.15, 0.2) is 0 Å². The predicted octanol–water partition coefficient (Wildman–Crippen LogP) is -0.430. The molecular weight excluding hydrogens is 301 g/mol. The zero-order chi connectivity index (χ0) is 15.8. The lowest BCUT2D eigenvalue weighted by Crippen LogP contribution is -2.58. The Morgan fingerprint density at radius 3 is 2.61 bits per heavy atom. The molecule has 0 aromatic carbocycles. The maximum atomic E-state index is 13.5. The van der Waals surface area contributed by atoms with E-state index in [1.54, 1.807) is 0 Å². The zero-order valence-electron chi connectivity index (χ0n) is 13.3. The number of alkyl halides is 1. The average Bonchev–Trinajstić information content (AvgIpc) is 3.31. The van der Waals surface area contributed by atoms with Crippen LogP contribution >= 0.6 is 0 Å². The Hall–Kier alpha value is -0.800. The molecule has 4 aliphatic rings. The highest BCUT2D eigenvalue weighted by molar-refractivity contribution is 5.81. The first-order chi connectivity index (χ1) is 11.2. The average molecular weight is 327 g/mol. The fraction of sp³-hybridized carbons (Fsp3) is 0.933. The van der Waals surface area contributed by atoms with E-state index in [0.29, 0.717) is 24.8 Å². The van der Waals surface area contributed by atoms with Crippen LogP contribution in [0.5, 0.6) is 0 Å². The van der Waals surface area contributed by atoms with Gasteiger partial charge in [-0.25, -0.2) is 4.39 Å². The Morgan fingerprint density at radius 1 is 1.13 bits per heavy atom. The van der Waals surface area contributed by atoms with E-state index in [4.69, 9.17) is 4.84 Å². The molecule has 4 atom stereocenters. The fourth-order valence-electron chi connectivity index (χ4n) is 3.73. The molecule has 23 heavy (non-hydrogen) atoms. The minimum Gasteiger partial charge on any atom is -0.340 e. The molecule has 0 aromatic heterocycles. The standard InChI is InChI=1S/C15H26FN5O2/c16-12-9-11(3-4-17-12)13-18-15(19-23-13)21-7-5-20(6-8-21)14(22)10-1-2-10/h10-13,15,17-19H,1-9H2. The van der Waals surface area contributed by atoms with Crippen LogP contribution in [-0.4, -0.2) is 67.2 Å². The van der Waals surface area contributed by atoms with E-state index >= 15 is 0 Å². The lowest BCUT2D eigenvalue weighted by molar-refractivity contribution is -0.135. The summed E-state index contributed by atoms with van der Waals surface area (Å²) in [6, 6.07) is 0. The molecule has 0 aromatic rings. The first-order valence-corrected chi connectivity index (χ1v) is 8.78. The highest BCUT2D eigenvalue weighted by Crippen LogP contribution is 2.31. The molecule has 4 rings (SSSR count). The van der Waals surface area contributed by atoms with E-state index in [2.05, 4.69) is 21.0 Å². The number of hydrogen-bond acceptors (Lipinski definition) is 6. The maximum Gasteiger partial charge on any atom is 0.225 e. The molecule has 1 amide bonds. The number of nitrogens with zero attached hydrogens (tertiary/aromatic N) is 2. The number of halogens is 1. The summed E-state index contributed by atoms with van der Waals surface area (Å²) in [6.45, 7) is 3.91. The number of piperidine rings is 1. The molecule has 0 radical (unpaired) electrons. The van der Waals surface area contributed by atoms with E-state index < -0.39 is 6.30 Å². The third-order valence-corrected chi connectivity index (χ3v) is 5.37. The van der Waals surface area contributed by atoms with E-state index in [9.17, 15) is 9.18 Å². The minimum absolute atomic E-state index is 0.0499. The Kier molecular flexibility index (Phi) is 4.51. The van der Waals surface area contributed by atoms with Crippen LogP contribution in [0.25, 0.3) is 0 Å². The second kappa shape index (κ2) is 6.60. The third-order valence-electron chi connectivity index (χ3n) is 5.37. The molecule has 3 aliphatic heterocycles. The van der Waals surface area contributed by atoms with Gasteiger partial charge in [-0.3, -0.25) is 25.2 Å². The molecule has 3 saturated heterocycles. The van der Waals surface area contributed by atoms with Crippen LogP contribution in [-0.2, 0) is 9.63 Å². The van der Waals surface area contributed by atoms with Gasteiger partial charge in [0.05, 0.1) is 0 Å². The summed E-state index contributed by atoms with van der Waals surface area (Å²) in [6.07, 6.45) is 2.39. The van der Waals surface area contributed by atoms with Gasteiger partial charge in [0.1, 0.15) is 12.5 Å². The fourth-order valence-corrected chi connectivity index (χ4v) is 3.73. The van der Waals surface area contributed by atoms with Gasteiger partial charge in [-0.1, -0.05) is 0 Å². The molecule has 1 saturated carbocycles. The Morgan fingerprint density at radius 2 is 1.91 bits per heavy atom. The quantitative estimate of drug-likeness (QED) is 0.611. The number of nitrogens with one attached hydrogen (secondary N) is 3. The van der Waals surface area contributed by atoms with Crippen molar-refractivity contribution < 1.29 is 14.0 Å². The minimum atomic E-state index is -0.935. The molecule has 8 heteroatoms. The van der Waals surface area contributed by atoms with Crippen molar-refractivity contribution in [3.63, 3.8) is 0 Å². The largest absolute Gasteiger partial charge is 0.340 e. The number of amides is 1. The Labute approximate surface area is 135 Å². The Balaban J connectivity index is 1.25. The van der Waals surface area contributed by atoms with Gasteiger partial charge in [-0.2, -0.15) is 5.48 Å². The topological polar surface area (TPSA) is 68.9 Å². The van der Waals surface area contributed by atoms with Crippen LogP contribution < -0.4 is 16.1 Å². The summed E-state index contributed by atoms with van der Waals surface area (Å²) in [5, 5.41) is 6.25. The van der Waals surface area contributed by atoms with E-state index in [1.807, 2.05) is 4.90 Å². The van der Waals surface area contributed by atoms with Crippen molar-refractivity contribution in [3.8, 4) is 0 Å². The first-order valence-electron chi connectivity index (χ1n) is 8.78. The lowest BCUT2D eigenvalue weighted by Gasteiger charge is -2.37. The van der Waals surface area contributed by atoms with Crippen molar-refractivity contribution in [1.82, 2.24) is 25.9 Å². The molecular formula is C15H26FN5O2. The normalized spacial score (nSPS) is 39.6. The number of hydrogen-bond donors (Lipinski definition) is 3. The summed E-state index contributed by atoms with van der Waals surface area (Å²) in [4.78, 5) is 22.0. The van der Waals surface area contributed by atoms with Gasteiger partial charge in [-0.05, 0) is 32.2 Å². The second-order valence-corrected chi connectivity index (χ2v) is 7.07. The van der Waals surface area contributed by atoms with Gasteiger partial charge in [0, 0.05) is 38.0 Å². The smallest absolute Gasteiger partial charge is 0.225 e. The van der Waals surface area contributed by atoms with Gasteiger partial charge >= 0.3 is 0 Å². The summed E-state index contributed by atoms with van der Waals surface area (Å²) in [7, 11) is 0. The van der Waals surface area contributed by atoms with Gasteiger partial charge < -0.3 is 4.90 Å². The number of piperazine rings is 1. The summed E-state index contributed by atoms with van der Waals surface area (Å²) >= 11 is 0. The summed E-state index contributed by atoms with van der Waals surface area (Å²) in [5.74, 6) is 0.807. The van der Waals surface area contributed by atoms with E-state index in [1.165, 1.54) is 0 Å². The van der Waals surface area contributed by atoms with Gasteiger partial charge in [0.2, 0.25) is 5.91 Å². The van der Waals surface area contributed by atoms with Crippen molar-refractivity contribution in [2.75, 3.05) is 32.7 Å². The maximum absolute atomic E-state index is 13.5. The highest BCUT2D eigenvalue weighted by atomic mass is 19.1. The van der Waals surface area contributed by atoms with E-state index in [0.717, 1.165) is 45.4 Å². The van der Waals surface area contributed by atoms with Crippen LogP contribution in [0, 0.1) is 11.8 Å². The molecule has 7 nitrogen and oxygen atoms in total. The van der Waals surface area contributed by atoms with Crippen molar-refractivity contribution >= 4 is 5.91 Å². The van der Waals surface area contributed by atoms with Crippen molar-refractivity contribution in [2.24, 2.45) is 11.8 Å². The van der Waals surface area contributed by atoms with Crippen LogP contribution in [0.1, 0.15) is 25.7 Å². The summed E-state index contributed by atoms with van der Waals surface area (Å²) < 4.78 is 13.5. The van der Waals surface area contributed by atoms with Crippen molar-refractivity contribution in [1.29, 1.82) is 0 Å². The number of carbonyl (C=O) groups is 1. The summed E-state index contributed by atoms with van der Waals surface area (Å²) in [5.41, 5.74) is 3.04. The molecule has 130 valence electrons. The zero-order valence-corrected chi connectivity index (χ0v) is 13.3. The molecule has 4 fully saturated rings. The third kappa shape index (κ3) is 3.51. The molecule has 1 aliphatic carbocycles. The van der Waals surface area contributed by atoms with Crippen LogP contribution in [0.3, 0.4) is 0 Å². The molecule has 3 N–H and O–H groups in total.